The van der Waals surface area contributed by atoms with Gasteiger partial charge in [-0.05, 0) is 61.6 Å². The van der Waals surface area contributed by atoms with Gasteiger partial charge in [-0.25, -0.2) is 4.39 Å². The maximum atomic E-state index is 14.3. The molecule has 4 aromatic heterocycles. The smallest absolute Gasteiger partial charge is 0.238 e. The number of methoxy groups -OCH3 is 1. The summed E-state index contributed by atoms with van der Waals surface area (Å²) in [6, 6.07) is 16.3. The molecule has 0 fully saturated rings. The quantitative estimate of drug-likeness (QED) is 0.250. The molecule has 3 N–H and O–H groups in total. The molecule has 0 saturated heterocycles. The van der Waals surface area contributed by atoms with Gasteiger partial charge in [0.1, 0.15) is 17.3 Å². The van der Waals surface area contributed by atoms with Gasteiger partial charge in [0, 0.05) is 34.1 Å². The van der Waals surface area contributed by atoms with Crippen LogP contribution in [0, 0.1) is 5.82 Å². The molecule has 1 amide bonds. The third kappa shape index (κ3) is 4.87. The number of rotatable bonds is 7. The van der Waals surface area contributed by atoms with E-state index < -0.39 is 0 Å². The van der Waals surface area contributed by atoms with Crippen molar-refractivity contribution in [1.82, 2.24) is 30.0 Å². The van der Waals surface area contributed by atoms with Crippen molar-refractivity contribution in [3.8, 4) is 39.5 Å². The normalized spacial score (nSPS) is 11.4. The molecule has 2 aromatic carbocycles. The van der Waals surface area contributed by atoms with Crippen molar-refractivity contribution in [2.24, 2.45) is 0 Å². The molecule has 0 saturated carbocycles. The van der Waals surface area contributed by atoms with Crippen LogP contribution in [-0.4, -0.2) is 63.7 Å². The highest BCUT2D eigenvalue weighted by molar-refractivity contribution is 6.01. The molecular formula is C30H26FN7O2. The number of nitrogens with one attached hydrogen (secondary N) is 3. The number of carbonyl (C=O) groups excluding carboxylic acids is 1. The van der Waals surface area contributed by atoms with E-state index in [0.717, 1.165) is 49.9 Å². The van der Waals surface area contributed by atoms with Gasteiger partial charge in [0.15, 0.2) is 0 Å². The van der Waals surface area contributed by atoms with Gasteiger partial charge in [0.25, 0.3) is 0 Å². The first-order valence-corrected chi connectivity index (χ1v) is 12.6. The molecule has 0 aliphatic carbocycles. The zero-order chi connectivity index (χ0) is 27.8. The number of hydrogen-bond donors (Lipinski definition) is 3. The summed E-state index contributed by atoms with van der Waals surface area (Å²) in [4.78, 5) is 26.3. The third-order valence-electron chi connectivity index (χ3n) is 6.56. The van der Waals surface area contributed by atoms with Crippen LogP contribution in [-0.2, 0) is 4.79 Å². The van der Waals surface area contributed by atoms with Crippen LogP contribution in [0.25, 0.3) is 55.6 Å². The lowest BCUT2D eigenvalue weighted by atomic mass is 10.0. The highest BCUT2D eigenvalue weighted by Gasteiger charge is 2.16. The fourth-order valence-corrected chi connectivity index (χ4v) is 4.79. The van der Waals surface area contributed by atoms with Gasteiger partial charge in [0.05, 0.1) is 48.6 Å². The largest absolute Gasteiger partial charge is 0.497 e. The van der Waals surface area contributed by atoms with Gasteiger partial charge in [0.2, 0.25) is 5.91 Å². The number of H-pyrrole nitrogens is 2. The van der Waals surface area contributed by atoms with Crippen LogP contribution < -0.4 is 10.1 Å². The summed E-state index contributed by atoms with van der Waals surface area (Å²) in [7, 11) is 5.19. The monoisotopic (exact) mass is 535 g/mol. The van der Waals surface area contributed by atoms with Crippen molar-refractivity contribution >= 4 is 33.4 Å². The van der Waals surface area contributed by atoms with Crippen LogP contribution in [0.3, 0.4) is 0 Å². The Balaban J connectivity index is 1.38. The number of hydrogen-bond acceptors (Lipinski definition) is 6. The number of fused-ring (bicyclic) bond motifs is 2. The molecule has 0 aliphatic rings. The van der Waals surface area contributed by atoms with Gasteiger partial charge < -0.3 is 19.9 Å². The Morgan fingerprint density at radius 1 is 1.00 bits per heavy atom. The van der Waals surface area contributed by atoms with Gasteiger partial charge in [-0.2, -0.15) is 5.10 Å². The van der Waals surface area contributed by atoms with E-state index in [4.69, 9.17) is 4.74 Å². The first-order chi connectivity index (χ1) is 19.4. The average molecular weight is 536 g/mol. The Morgan fingerprint density at radius 2 is 1.88 bits per heavy atom. The number of halogens is 1. The predicted octanol–water partition coefficient (Wildman–Crippen LogP) is 5.48. The summed E-state index contributed by atoms with van der Waals surface area (Å²) < 4.78 is 19.6. The summed E-state index contributed by atoms with van der Waals surface area (Å²) in [5.41, 5.74) is 6.83. The highest BCUT2D eigenvalue weighted by Crippen LogP contribution is 2.36. The summed E-state index contributed by atoms with van der Waals surface area (Å²) in [5, 5.41) is 12.3. The number of anilines is 1. The van der Waals surface area contributed by atoms with E-state index in [1.54, 1.807) is 23.5 Å². The van der Waals surface area contributed by atoms with Crippen LogP contribution in [0.1, 0.15) is 0 Å². The SMILES string of the molecule is COc1cc(F)cc(-c2cccc3[nH]c(-c4n[nH]c5cnc(-c6cncc(NC(=O)CN(C)C)c6)cc45)cc23)c1. The summed E-state index contributed by atoms with van der Waals surface area (Å²) >= 11 is 0. The molecule has 0 unspecified atom stereocenters. The zero-order valence-corrected chi connectivity index (χ0v) is 22.1. The predicted molar refractivity (Wildman–Crippen MR) is 154 cm³/mol. The highest BCUT2D eigenvalue weighted by atomic mass is 19.1. The van der Waals surface area contributed by atoms with E-state index >= 15 is 0 Å². The van der Waals surface area contributed by atoms with E-state index in [0.29, 0.717) is 17.1 Å². The van der Waals surface area contributed by atoms with Crippen molar-refractivity contribution in [3.05, 3.63) is 79.0 Å². The van der Waals surface area contributed by atoms with Crippen LogP contribution in [0.5, 0.6) is 5.75 Å². The number of carbonyl (C=O) groups is 1. The van der Waals surface area contributed by atoms with E-state index in [-0.39, 0.29) is 18.3 Å². The van der Waals surface area contributed by atoms with Crippen LogP contribution in [0.15, 0.2) is 73.2 Å². The lowest BCUT2D eigenvalue weighted by Gasteiger charge is -2.10. The number of ether oxygens (including phenoxy) is 1. The van der Waals surface area contributed by atoms with Crippen LogP contribution in [0.4, 0.5) is 10.1 Å². The fourth-order valence-electron chi connectivity index (χ4n) is 4.79. The molecule has 0 atom stereocenters. The molecule has 4 heterocycles. The van der Waals surface area contributed by atoms with E-state index in [2.05, 4.69) is 30.5 Å². The Kier molecular flexibility index (Phi) is 6.45. The molecule has 0 spiro atoms. The number of aromatic amines is 2. The van der Waals surface area contributed by atoms with Gasteiger partial charge in [-0.15, -0.1) is 0 Å². The van der Waals surface area contributed by atoms with Crippen molar-refractivity contribution in [2.75, 3.05) is 33.1 Å². The minimum atomic E-state index is -0.365. The Hall–Kier alpha value is -5.09. The van der Waals surface area contributed by atoms with Gasteiger partial charge >= 0.3 is 0 Å². The van der Waals surface area contributed by atoms with Crippen molar-refractivity contribution in [2.45, 2.75) is 0 Å². The number of aromatic nitrogens is 5. The molecule has 0 bridgehead atoms. The molecule has 200 valence electrons. The molecule has 0 radical (unpaired) electrons. The second-order valence-corrected chi connectivity index (χ2v) is 9.77. The first-order valence-electron chi connectivity index (χ1n) is 12.6. The molecular weight excluding hydrogens is 509 g/mol. The lowest BCUT2D eigenvalue weighted by molar-refractivity contribution is -0.116. The third-order valence-corrected chi connectivity index (χ3v) is 6.56. The number of benzene rings is 2. The molecule has 6 aromatic rings. The molecule has 40 heavy (non-hydrogen) atoms. The number of likely N-dealkylation sites (N-methyl/N-ethyl adjacent to an activating group) is 1. The fraction of sp³-hybridized carbons (Fsp3) is 0.133. The lowest BCUT2D eigenvalue weighted by Crippen LogP contribution is -2.27. The maximum Gasteiger partial charge on any atom is 0.238 e. The van der Waals surface area contributed by atoms with Gasteiger partial charge in [-0.1, -0.05) is 12.1 Å². The van der Waals surface area contributed by atoms with E-state index in [1.165, 1.54) is 19.2 Å². The number of pyridine rings is 2. The van der Waals surface area contributed by atoms with Crippen molar-refractivity contribution in [3.63, 3.8) is 0 Å². The molecule has 9 nitrogen and oxygen atoms in total. The average Bonchev–Trinajstić information content (AvgIpc) is 3.56. The minimum Gasteiger partial charge on any atom is -0.497 e. The second kappa shape index (κ2) is 10.2. The van der Waals surface area contributed by atoms with E-state index in [1.807, 2.05) is 56.6 Å². The molecule has 10 heteroatoms. The molecule has 0 aliphatic heterocycles. The Labute approximate surface area is 229 Å². The number of nitrogens with zero attached hydrogens (tertiary/aromatic N) is 4. The van der Waals surface area contributed by atoms with E-state index in [9.17, 15) is 9.18 Å². The molecule has 6 rings (SSSR count). The topological polar surface area (TPSA) is 112 Å². The zero-order valence-electron chi connectivity index (χ0n) is 22.1. The second-order valence-electron chi connectivity index (χ2n) is 9.77. The number of amides is 1. The van der Waals surface area contributed by atoms with Crippen LogP contribution >= 0.6 is 0 Å². The standard InChI is InChI=1S/C30H26FN7O2/c1-38(2)16-29(39)34-20-8-18(13-32-14-20)26-12-24-28(15-33-26)36-37-30(24)27-11-23-22(5-4-6-25(23)35-27)17-7-19(31)10-21(9-17)40-3/h4-15,35H,16H2,1-3H3,(H,34,39)(H,36,37). The Bertz CT molecular complexity index is 1880. The summed E-state index contributed by atoms with van der Waals surface area (Å²) in [6.07, 6.45) is 5.04. The van der Waals surface area contributed by atoms with Crippen molar-refractivity contribution in [1.29, 1.82) is 0 Å². The maximum absolute atomic E-state index is 14.3. The van der Waals surface area contributed by atoms with Crippen LogP contribution in [0.2, 0.25) is 0 Å². The summed E-state index contributed by atoms with van der Waals surface area (Å²) in [5.74, 6) is -0.0347. The van der Waals surface area contributed by atoms with Gasteiger partial charge in [-0.3, -0.25) is 19.9 Å². The first kappa shape index (κ1) is 25.2. The minimum absolute atomic E-state index is 0.126. The summed E-state index contributed by atoms with van der Waals surface area (Å²) in [6.45, 7) is 0.270. The Morgan fingerprint density at radius 3 is 2.70 bits per heavy atom. The van der Waals surface area contributed by atoms with Crippen molar-refractivity contribution < 1.29 is 13.9 Å².